The first-order valence-corrected chi connectivity index (χ1v) is 7.00. The van der Waals surface area contributed by atoms with Crippen LogP contribution in [0.2, 0.25) is 5.02 Å². The normalized spacial score (nSPS) is 36.7. The van der Waals surface area contributed by atoms with Crippen LogP contribution >= 0.6 is 11.6 Å². The summed E-state index contributed by atoms with van der Waals surface area (Å²) in [7, 11) is 0. The highest BCUT2D eigenvalue weighted by Crippen LogP contribution is 2.52. The highest BCUT2D eigenvalue weighted by Gasteiger charge is 2.66. The van der Waals surface area contributed by atoms with Crippen molar-refractivity contribution in [2.24, 2.45) is 11.8 Å². The largest absolute Gasteiger partial charge is 0.362 e. The van der Waals surface area contributed by atoms with E-state index in [1.54, 1.807) is 6.92 Å². The van der Waals surface area contributed by atoms with Gasteiger partial charge in [0.25, 0.3) is 0 Å². The first-order chi connectivity index (χ1) is 9.92. The quantitative estimate of drug-likeness (QED) is 0.591. The second-order valence-corrected chi connectivity index (χ2v) is 6.15. The number of ether oxygens (including phenoxy) is 1. The minimum Gasteiger partial charge on any atom is -0.362 e. The number of hydrogen-bond acceptors (Lipinski definition) is 3. The van der Waals surface area contributed by atoms with Gasteiger partial charge in [0, 0.05) is 0 Å². The zero-order valence-corrected chi connectivity index (χ0v) is 11.8. The number of anilines is 1. The smallest absolute Gasteiger partial charge is 0.241 e. The molecule has 0 unspecified atom stereocenters. The van der Waals surface area contributed by atoms with Crippen molar-refractivity contribution in [3.8, 4) is 0 Å². The number of benzene rings is 1. The minimum atomic E-state index is -0.735. The Bertz CT molecular complexity index is 719. The minimum absolute atomic E-state index is 0.117. The van der Waals surface area contributed by atoms with Crippen LogP contribution in [0, 0.1) is 17.7 Å². The van der Waals surface area contributed by atoms with E-state index in [0.29, 0.717) is 5.69 Å². The van der Waals surface area contributed by atoms with Crippen LogP contribution in [0.1, 0.15) is 6.92 Å². The number of amides is 2. The first-order valence-electron chi connectivity index (χ1n) is 6.62. The van der Waals surface area contributed by atoms with Crippen molar-refractivity contribution in [3.63, 3.8) is 0 Å². The predicted octanol–water partition coefficient (Wildman–Crippen LogP) is 2.31. The van der Waals surface area contributed by atoms with Gasteiger partial charge in [0.05, 0.1) is 34.3 Å². The SMILES string of the molecule is C[C@@]12C=C[C@@H](O1)[C@H]1C(=O)N(c3ccc(F)c(Cl)c3)C(=O)[C@H]12. The third kappa shape index (κ3) is 1.53. The highest BCUT2D eigenvalue weighted by atomic mass is 35.5. The van der Waals surface area contributed by atoms with Crippen LogP contribution in [0.4, 0.5) is 10.1 Å². The molecular formula is C15H11ClFNO3. The van der Waals surface area contributed by atoms with Crippen molar-refractivity contribution in [2.75, 3.05) is 4.90 Å². The molecule has 0 radical (unpaired) electrons. The average Bonchev–Trinajstić information content (AvgIpc) is 3.03. The number of fused-ring (bicyclic) bond motifs is 5. The standard InChI is InChI=1S/C15H11ClFNO3/c1-15-5-4-10(21-15)11-12(15)14(20)18(13(11)19)7-2-3-9(17)8(16)6-7/h2-6,10-12H,1H3/t10-,11-,12+,15+/m1/s1. The van der Waals surface area contributed by atoms with Gasteiger partial charge in [-0.1, -0.05) is 23.8 Å². The number of halogens is 2. The summed E-state index contributed by atoms with van der Waals surface area (Å²) in [5.41, 5.74) is -0.436. The molecule has 0 spiro atoms. The van der Waals surface area contributed by atoms with Gasteiger partial charge in [-0.15, -0.1) is 0 Å². The Hall–Kier alpha value is -1.72. The maximum Gasteiger partial charge on any atom is 0.241 e. The molecule has 0 aliphatic carbocycles. The molecule has 3 aliphatic heterocycles. The van der Waals surface area contributed by atoms with Crippen molar-refractivity contribution >= 4 is 29.1 Å². The van der Waals surface area contributed by atoms with Crippen LogP contribution in [-0.2, 0) is 14.3 Å². The molecule has 1 aromatic carbocycles. The zero-order chi connectivity index (χ0) is 14.9. The van der Waals surface area contributed by atoms with Gasteiger partial charge in [-0.2, -0.15) is 0 Å². The first kappa shape index (κ1) is 13.0. The Balaban J connectivity index is 1.78. The fraction of sp³-hybridized carbons (Fsp3) is 0.333. The molecule has 3 aliphatic rings. The lowest BCUT2D eigenvalue weighted by molar-refractivity contribution is -0.126. The topological polar surface area (TPSA) is 46.6 Å². The molecule has 2 fully saturated rings. The fourth-order valence-corrected chi connectivity index (χ4v) is 3.71. The van der Waals surface area contributed by atoms with Crippen molar-refractivity contribution in [2.45, 2.75) is 18.6 Å². The van der Waals surface area contributed by atoms with E-state index in [1.165, 1.54) is 12.1 Å². The lowest BCUT2D eigenvalue weighted by Crippen LogP contribution is -2.38. The molecule has 0 saturated carbocycles. The lowest BCUT2D eigenvalue weighted by atomic mass is 9.78. The van der Waals surface area contributed by atoms with Crippen LogP contribution in [0.5, 0.6) is 0 Å². The van der Waals surface area contributed by atoms with Gasteiger partial charge in [-0.25, -0.2) is 9.29 Å². The second kappa shape index (κ2) is 3.93. The Morgan fingerprint density at radius 3 is 2.76 bits per heavy atom. The Morgan fingerprint density at radius 2 is 2.10 bits per heavy atom. The van der Waals surface area contributed by atoms with E-state index in [4.69, 9.17) is 16.3 Å². The number of nitrogens with zero attached hydrogens (tertiary/aromatic N) is 1. The maximum absolute atomic E-state index is 13.3. The van der Waals surface area contributed by atoms with Crippen LogP contribution < -0.4 is 4.90 Å². The molecule has 1 aromatic rings. The number of rotatable bonds is 1. The summed E-state index contributed by atoms with van der Waals surface area (Å²) in [5, 5.41) is -0.117. The van der Waals surface area contributed by atoms with Gasteiger partial charge in [0.15, 0.2) is 0 Å². The van der Waals surface area contributed by atoms with Crippen molar-refractivity contribution in [1.82, 2.24) is 0 Å². The molecular weight excluding hydrogens is 297 g/mol. The number of carbonyl (C=O) groups is 2. The van der Waals surface area contributed by atoms with Crippen LogP contribution in [0.15, 0.2) is 30.4 Å². The van der Waals surface area contributed by atoms with E-state index >= 15 is 0 Å². The van der Waals surface area contributed by atoms with E-state index < -0.39 is 23.3 Å². The summed E-state index contributed by atoms with van der Waals surface area (Å²) in [4.78, 5) is 26.3. The number of imide groups is 1. The third-order valence-electron chi connectivity index (χ3n) is 4.49. The number of hydrogen-bond donors (Lipinski definition) is 0. The molecule has 4 atom stereocenters. The molecule has 2 bridgehead atoms. The molecule has 6 heteroatoms. The van der Waals surface area contributed by atoms with Gasteiger partial charge < -0.3 is 4.74 Å². The summed E-state index contributed by atoms with van der Waals surface area (Å²) in [5.74, 6) is -2.25. The van der Waals surface area contributed by atoms with Crippen molar-refractivity contribution in [3.05, 3.63) is 41.2 Å². The monoisotopic (exact) mass is 307 g/mol. The molecule has 4 nitrogen and oxygen atoms in total. The van der Waals surface area contributed by atoms with Crippen LogP contribution in [0.3, 0.4) is 0 Å². The third-order valence-corrected chi connectivity index (χ3v) is 4.78. The van der Waals surface area contributed by atoms with E-state index in [9.17, 15) is 14.0 Å². The van der Waals surface area contributed by atoms with Crippen LogP contribution in [0.25, 0.3) is 0 Å². The predicted molar refractivity (Wildman–Crippen MR) is 73.3 cm³/mol. The number of carbonyl (C=O) groups excluding carboxylic acids is 2. The molecule has 2 saturated heterocycles. The van der Waals surface area contributed by atoms with Gasteiger partial charge in [0.1, 0.15) is 5.82 Å². The zero-order valence-electron chi connectivity index (χ0n) is 11.0. The summed E-state index contributed by atoms with van der Waals surface area (Å²) >= 11 is 5.74. The van der Waals surface area contributed by atoms with Gasteiger partial charge in [0.2, 0.25) is 11.8 Å². The maximum atomic E-state index is 13.3. The van der Waals surface area contributed by atoms with Gasteiger partial charge in [-0.3, -0.25) is 9.59 Å². The summed E-state index contributed by atoms with van der Waals surface area (Å²) in [6.07, 6.45) is 3.30. The molecule has 3 heterocycles. The Labute approximate surface area is 125 Å². The molecule has 108 valence electrons. The van der Waals surface area contributed by atoms with E-state index in [2.05, 4.69) is 0 Å². The second-order valence-electron chi connectivity index (χ2n) is 5.74. The summed E-state index contributed by atoms with van der Waals surface area (Å²) < 4.78 is 19.0. The van der Waals surface area contributed by atoms with E-state index in [0.717, 1.165) is 11.0 Å². The molecule has 2 amide bonds. The molecule has 4 rings (SSSR count). The summed E-state index contributed by atoms with van der Waals surface area (Å²) in [6, 6.07) is 3.83. The van der Waals surface area contributed by atoms with Crippen LogP contribution in [-0.4, -0.2) is 23.5 Å². The van der Waals surface area contributed by atoms with Gasteiger partial charge >= 0.3 is 0 Å². The average molecular weight is 308 g/mol. The molecule has 0 N–H and O–H groups in total. The molecule has 0 aromatic heterocycles. The van der Waals surface area contributed by atoms with Crippen molar-refractivity contribution in [1.29, 1.82) is 0 Å². The van der Waals surface area contributed by atoms with Crippen molar-refractivity contribution < 1.29 is 18.7 Å². The fourth-order valence-electron chi connectivity index (χ4n) is 3.53. The van der Waals surface area contributed by atoms with E-state index in [-0.39, 0.29) is 22.9 Å². The summed E-state index contributed by atoms with van der Waals surface area (Å²) in [6.45, 7) is 1.81. The van der Waals surface area contributed by atoms with Gasteiger partial charge in [-0.05, 0) is 25.1 Å². The molecule has 21 heavy (non-hydrogen) atoms. The Morgan fingerprint density at radius 1 is 1.33 bits per heavy atom. The Kier molecular flexibility index (Phi) is 2.43. The highest BCUT2D eigenvalue weighted by molar-refractivity contribution is 6.31. The van der Waals surface area contributed by atoms with E-state index in [1.807, 2.05) is 12.2 Å². The lowest BCUT2D eigenvalue weighted by Gasteiger charge is -2.24.